The van der Waals surface area contributed by atoms with Gasteiger partial charge in [0.25, 0.3) is 5.95 Å². The van der Waals surface area contributed by atoms with E-state index in [1.165, 1.54) is 0 Å². The van der Waals surface area contributed by atoms with Crippen LogP contribution in [0.2, 0.25) is 0 Å². The van der Waals surface area contributed by atoms with E-state index >= 15 is 0 Å². The number of nitrogens with zero attached hydrogens (tertiary/aromatic N) is 4. The Morgan fingerprint density at radius 1 is 1.45 bits per heavy atom. The molecule has 0 amide bonds. The number of nitrogens with one attached hydrogen (secondary N) is 4. The second-order valence-corrected chi connectivity index (χ2v) is 2.03. The number of aromatic nitrogens is 4. The van der Waals surface area contributed by atoms with E-state index < -0.39 is 0 Å². The normalized spacial score (nSPS) is 18.7. The molecule has 2 heterocycles. The molecule has 0 aliphatic carbocycles. The molecule has 1 aliphatic rings. The molecule has 1 aromatic heterocycles. The molecule has 1 fully saturated rings. The number of rotatable bonds is 1. The van der Waals surface area contributed by atoms with Crippen molar-refractivity contribution < 1.29 is 0 Å². The van der Waals surface area contributed by atoms with Gasteiger partial charge in [0.15, 0.2) is 0 Å². The van der Waals surface area contributed by atoms with Gasteiger partial charge in [-0.15, -0.1) is 5.10 Å². The first-order valence-corrected chi connectivity index (χ1v) is 3.21. The van der Waals surface area contributed by atoms with E-state index in [2.05, 4.69) is 37.1 Å². The average Bonchev–Trinajstić information content (AvgIpc) is 2.58. The van der Waals surface area contributed by atoms with Crippen molar-refractivity contribution >= 4 is 5.95 Å². The fourth-order valence-corrected chi connectivity index (χ4v) is 0.814. The summed E-state index contributed by atoms with van der Waals surface area (Å²) in [7, 11) is 0. The highest BCUT2D eigenvalue weighted by Gasteiger charge is 2.12. The Kier molecular flexibility index (Phi) is 1.63. The standard InChI is InChI=1S/C3H8N8/c1-2-11(10-7-4-1)3-5-8-9-6-3/h4,7,10H,1-2H2,(H,5,6,8,9). The van der Waals surface area contributed by atoms with E-state index in [4.69, 9.17) is 0 Å². The van der Waals surface area contributed by atoms with Crippen LogP contribution in [0, 0.1) is 0 Å². The number of anilines is 1. The van der Waals surface area contributed by atoms with Gasteiger partial charge in [-0.25, -0.2) is 5.43 Å². The second-order valence-electron chi connectivity index (χ2n) is 2.03. The van der Waals surface area contributed by atoms with Crippen LogP contribution in [0.25, 0.3) is 0 Å². The van der Waals surface area contributed by atoms with Gasteiger partial charge in [-0.2, -0.15) is 16.3 Å². The van der Waals surface area contributed by atoms with E-state index in [1.807, 2.05) is 0 Å². The van der Waals surface area contributed by atoms with Crippen LogP contribution in [0.3, 0.4) is 0 Å². The number of hydrazine groups is 3. The van der Waals surface area contributed by atoms with Crippen molar-refractivity contribution in [3.8, 4) is 0 Å². The van der Waals surface area contributed by atoms with Crippen molar-refractivity contribution in [1.82, 2.24) is 37.1 Å². The molecule has 0 radical (unpaired) electrons. The van der Waals surface area contributed by atoms with E-state index in [-0.39, 0.29) is 0 Å². The summed E-state index contributed by atoms with van der Waals surface area (Å²) in [6.45, 7) is 1.61. The molecular weight excluding hydrogens is 148 g/mol. The van der Waals surface area contributed by atoms with E-state index in [0.717, 1.165) is 13.1 Å². The lowest BCUT2D eigenvalue weighted by Crippen LogP contribution is -2.61. The first-order chi connectivity index (χ1) is 5.47. The van der Waals surface area contributed by atoms with Crippen LogP contribution in [0.4, 0.5) is 5.95 Å². The third-order valence-corrected chi connectivity index (χ3v) is 1.32. The molecule has 60 valence electrons. The zero-order valence-electron chi connectivity index (χ0n) is 5.70. The zero-order chi connectivity index (χ0) is 7.52. The lowest BCUT2D eigenvalue weighted by Gasteiger charge is -2.26. The molecular formula is C3H8N8. The summed E-state index contributed by atoms with van der Waals surface area (Å²) in [6, 6.07) is 0. The van der Waals surface area contributed by atoms with Crippen molar-refractivity contribution in [3.63, 3.8) is 0 Å². The zero-order valence-corrected chi connectivity index (χ0v) is 5.70. The molecule has 0 spiro atoms. The quantitative estimate of drug-likeness (QED) is 0.358. The van der Waals surface area contributed by atoms with Crippen LogP contribution in [-0.4, -0.2) is 33.7 Å². The maximum atomic E-state index is 3.79. The molecule has 0 aromatic carbocycles. The van der Waals surface area contributed by atoms with Crippen LogP contribution in [0.15, 0.2) is 0 Å². The fraction of sp³-hybridized carbons (Fsp3) is 0.667. The Morgan fingerprint density at radius 3 is 3.09 bits per heavy atom. The van der Waals surface area contributed by atoms with Gasteiger partial charge in [0, 0.05) is 6.54 Å². The van der Waals surface area contributed by atoms with Gasteiger partial charge >= 0.3 is 0 Å². The SMILES string of the molecule is C1CN(c2nn[nH]n2)NNN1. The van der Waals surface area contributed by atoms with Gasteiger partial charge in [-0.05, 0) is 5.21 Å². The summed E-state index contributed by atoms with van der Waals surface area (Å²) in [4.78, 5) is 0. The van der Waals surface area contributed by atoms with Gasteiger partial charge in [0.2, 0.25) is 0 Å². The summed E-state index contributed by atoms with van der Waals surface area (Å²) in [5.74, 6) is 0.527. The minimum Gasteiger partial charge on any atom is -0.257 e. The van der Waals surface area contributed by atoms with Crippen LogP contribution >= 0.6 is 0 Å². The summed E-state index contributed by atoms with van der Waals surface area (Å²) >= 11 is 0. The number of tetrazole rings is 1. The molecule has 1 saturated heterocycles. The predicted molar refractivity (Wildman–Crippen MR) is 35.8 cm³/mol. The molecule has 8 heteroatoms. The Labute approximate surface area is 62.2 Å². The van der Waals surface area contributed by atoms with Crippen molar-refractivity contribution in [2.24, 2.45) is 0 Å². The maximum absolute atomic E-state index is 3.79. The Morgan fingerprint density at radius 2 is 2.45 bits per heavy atom. The van der Waals surface area contributed by atoms with Gasteiger partial charge < -0.3 is 0 Å². The Bertz CT molecular complexity index is 199. The monoisotopic (exact) mass is 156 g/mol. The van der Waals surface area contributed by atoms with Crippen LogP contribution in [-0.2, 0) is 0 Å². The Balaban J connectivity index is 2.04. The number of hydrogen-bond donors (Lipinski definition) is 4. The maximum Gasteiger partial charge on any atom is 0.281 e. The molecule has 11 heavy (non-hydrogen) atoms. The smallest absolute Gasteiger partial charge is 0.257 e. The fourth-order valence-electron chi connectivity index (χ4n) is 0.814. The van der Waals surface area contributed by atoms with Crippen molar-refractivity contribution in [3.05, 3.63) is 0 Å². The number of hydrogen-bond acceptors (Lipinski definition) is 7. The van der Waals surface area contributed by atoms with Crippen molar-refractivity contribution in [1.29, 1.82) is 0 Å². The van der Waals surface area contributed by atoms with E-state index in [1.54, 1.807) is 5.01 Å². The van der Waals surface area contributed by atoms with E-state index in [9.17, 15) is 0 Å². The number of aromatic amines is 1. The number of H-pyrrole nitrogens is 1. The lowest BCUT2D eigenvalue weighted by atomic mass is 10.6. The van der Waals surface area contributed by atoms with E-state index in [0.29, 0.717) is 5.95 Å². The average molecular weight is 156 g/mol. The highest BCUT2D eigenvalue weighted by molar-refractivity contribution is 5.23. The highest BCUT2D eigenvalue weighted by atomic mass is 15.8. The Hall–Kier alpha value is -1.25. The molecule has 2 rings (SSSR count). The first kappa shape index (κ1) is 6.46. The summed E-state index contributed by atoms with van der Waals surface area (Å²) in [5.41, 5.74) is 8.42. The predicted octanol–water partition coefficient (Wildman–Crippen LogP) is -2.47. The minimum absolute atomic E-state index is 0.527. The third-order valence-electron chi connectivity index (χ3n) is 1.32. The summed E-state index contributed by atoms with van der Waals surface area (Å²) < 4.78 is 0. The molecule has 8 nitrogen and oxygen atoms in total. The third kappa shape index (κ3) is 1.27. The molecule has 0 bridgehead atoms. The largest absolute Gasteiger partial charge is 0.281 e. The summed E-state index contributed by atoms with van der Waals surface area (Å²) in [6.07, 6.45) is 0. The summed E-state index contributed by atoms with van der Waals surface area (Å²) in [5, 5.41) is 15.1. The van der Waals surface area contributed by atoms with Crippen LogP contribution < -0.4 is 21.5 Å². The molecule has 0 saturated carbocycles. The molecule has 4 N–H and O–H groups in total. The van der Waals surface area contributed by atoms with Crippen molar-refractivity contribution in [2.75, 3.05) is 18.1 Å². The molecule has 0 atom stereocenters. The highest BCUT2D eigenvalue weighted by Crippen LogP contribution is 1.97. The molecule has 1 aliphatic heterocycles. The van der Waals surface area contributed by atoms with Gasteiger partial charge in [0.05, 0.1) is 6.54 Å². The second kappa shape index (κ2) is 2.78. The molecule has 0 unspecified atom stereocenters. The van der Waals surface area contributed by atoms with Gasteiger partial charge in [0.1, 0.15) is 0 Å². The minimum atomic E-state index is 0.527. The molecule has 1 aromatic rings. The van der Waals surface area contributed by atoms with Gasteiger partial charge in [-0.1, -0.05) is 5.10 Å². The van der Waals surface area contributed by atoms with Gasteiger partial charge in [-0.3, -0.25) is 5.01 Å². The topological polar surface area (TPSA) is 93.8 Å². The van der Waals surface area contributed by atoms with Crippen LogP contribution in [0.1, 0.15) is 0 Å². The first-order valence-electron chi connectivity index (χ1n) is 3.21. The van der Waals surface area contributed by atoms with Crippen LogP contribution in [0.5, 0.6) is 0 Å². The lowest BCUT2D eigenvalue weighted by molar-refractivity contribution is 0.360. The van der Waals surface area contributed by atoms with Crippen molar-refractivity contribution in [2.45, 2.75) is 0 Å².